The predicted molar refractivity (Wildman–Crippen MR) is 128 cm³/mol. The Morgan fingerprint density at radius 3 is 1.48 bits per heavy atom. The van der Waals surface area contributed by atoms with Crippen LogP contribution in [0.15, 0.2) is 36.4 Å². The second kappa shape index (κ2) is 19.2. The summed E-state index contributed by atoms with van der Waals surface area (Å²) < 4.78 is 1.32. The zero-order chi connectivity index (χ0) is 20.3. The lowest BCUT2D eigenvalue weighted by Gasteiger charge is -2.38. The summed E-state index contributed by atoms with van der Waals surface area (Å²) in [6.45, 7) is 12.3. The maximum atomic E-state index is 2.47. The Labute approximate surface area is 189 Å². The van der Waals surface area contributed by atoms with Gasteiger partial charge in [-0.15, -0.1) is 0 Å². The van der Waals surface area contributed by atoms with Gasteiger partial charge in [0.25, 0.3) is 0 Å². The number of nitrogens with zero attached hydrogens (tertiary/aromatic N) is 1. The Kier molecular flexibility index (Phi) is 18.7. The number of quaternary nitrogens is 1. The van der Waals surface area contributed by atoms with E-state index in [0.717, 1.165) is 0 Å². The summed E-state index contributed by atoms with van der Waals surface area (Å²) in [4.78, 5) is 0. The summed E-state index contributed by atoms with van der Waals surface area (Å²) in [6.07, 6.45) is 21.4. The number of unbranched alkanes of at least 4 members (excludes halogenated alkanes) is 9. The molecule has 1 rings (SSSR count). The molecule has 2 heteroatoms. The highest BCUT2D eigenvalue weighted by Crippen LogP contribution is 2.18. The molecule has 0 heterocycles. The fraction of sp³-hybridized carbons (Fsp3) is 0.704. The van der Waals surface area contributed by atoms with Gasteiger partial charge < -0.3 is 16.9 Å². The van der Waals surface area contributed by atoms with Crippen molar-refractivity contribution in [2.45, 2.75) is 97.8 Å². The molecule has 0 aliphatic carbocycles. The minimum atomic E-state index is 0. The van der Waals surface area contributed by atoms with E-state index in [1.165, 1.54) is 113 Å². The summed E-state index contributed by atoms with van der Waals surface area (Å²) >= 11 is 0. The van der Waals surface area contributed by atoms with Crippen molar-refractivity contribution in [3.63, 3.8) is 0 Å². The molecule has 1 aromatic rings. The van der Waals surface area contributed by atoms with E-state index in [2.05, 4.69) is 63.3 Å². The molecule has 0 fully saturated rings. The van der Waals surface area contributed by atoms with Gasteiger partial charge in [0, 0.05) is 0 Å². The quantitative estimate of drug-likeness (QED) is 0.224. The number of halogens is 1. The maximum Gasteiger partial charge on any atom is 0.0977 e. The molecule has 0 atom stereocenters. The van der Waals surface area contributed by atoms with Crippen LogP contribution < -0.4 is 12.4 Å². The monoisotopic (exact) mass is 421 g/mol. The zero-order valence-electron chi connectivity index (χ0n) is 19.7. The molecule has 0 N–H and O–H groups in total. The van der Waals surface area contributed by atoms with E-state index >= 15 is 0 Å². The predicted octanol–water partition coefficient (Wildman–Crippen LogP) is 5.26. The van der Waals surface area contributed by atoms with Crippen LogP contribution >= 0.6 is 0 Å². The second-order valence-corrected chi connectivity index (χ2v) is 8.69. The number of hydrogen-bond donors (Lipinski definition) is 0. The SMILES string of the molecule is CCCCCC[N+](CC=Cc1ccccc1)(CCCCCC)CCCCCC.[Cl-]. The molecule has 1 aromatic carbocycles. The van der Waals surface area contributed by atoms with Gasteiger partial charge in [-0.3, -0.25) is 0 Å². The standard InChI is InChI=1S/C27H48N.ClH/c1-4-7-10-16-23-28(24-17-11-8-5-2,25-18-12-9-6-3)26-19-22-27-20-14-13-15-21-27;/h13-15,19-22H,4-12,16-18,23-26H2,1-3H3;1H/q+1;/p-1. The van der Waals surface area contributed by atoms with Crippen LogP contribution in [0.4, 0.5) is 0 Å². The number of rotatable bonds is 18. The minimum Gasteiger partial charge on any atom is -1.00 e. The van der Waals surface area contributed by atoms with Crippen molar-refractivity contribution in [3.05, 3.63) is 42.0 Å². The van der Waals surface area contributed by atoms with Gasteiger partial charge in [-0.25, -0.2) is 0 Å². The van der Waals surface area contributed by atoms with Gasteiger partial charge >= 0.3 is 0 Å². The number of benzene rings is 1. The van der Waals surface area contributed by atoms with Crippen LogP contribution in [0.5, 0.6) is 0 Å². The van der Waals surface area contributed by atoms with Gasteiger partial charge in [-0.2, -0.15) is 0 Å². The average molecular weight is 422 g/mol. The molecule has 0 aliphatic rings. The summed E-state index contributed by atoms with van der Waals surface area (Å²) in [5.41, 5.74) is 1.34. The Bertz CT molecular complexity index is 451. The van der Waals surface area contributed by atoms with Crippen molar-refractivity contribution in [1.29, 1.82) is 0 Å². The van der Waals surface area contributed by atoms with Crippen LogP contribution in [-0.2, 0) is 0 Å². The normalized spacial score (nSPS) is 11.7. The third-order valence-corrected chi connectivity index (χ3v) is 6.06. The molecule has 0 spiro atoms. The van der Waals surface area contributed by atoms with Crippen LogP contribution in [0.1, 0.15) is 103 Å². The molecule has 1 nitrogen and oxygen atoms in total. The maximum absolute atomic E-state index is 2.47. The van der Waals surface area contributed by atoms with Gasteiger partial charge in [0.1, 0.15) is 0 Å². The Hall–Kier alpha value is -0.790. The Morgan fingerprint density at radius 1 is 0.621 bits per heavy atom. The molecular weight excluding hydrogens is 374 g/mol. The highest BCUT2D eigenvalue weighted by molar-refractivity contribution is 5.48. The fourth-order valence-electron chi connectivity index (χ4n) is 4.21. The summed E-state index contributed by atoms with van der Waals surface area (Å²) in [5.74, 6) is 0. The van der Waals surface area contributed by atoms with E-state index in [1.54, 1.807) is 0 Å². The zero-order valence-corrected chi connectivity index (χ0v) is 20.4. The van der Waals surface area contributed by atoms with Crippen LogP contribution in [-0.4, -0.2) is 30.7 Å². The summed E-state index contributed by atoms with van der Waals surface area (Å²) in [5, 5.41) is 0. The first-order valence-corrected chi connectivity index (χ1v) is 12.3. The van der Waals surface area contributed by atoms with Crippen LogP contribution in [0.3, 0.4) is 0 Å². The Balaban J connectivity index is 0.00000784. The molecular formula is C27H48ClN. The molecule has 0 aromatic heterocycles. The van der Waals surface area contributed by atoms with Gasteiger partial charge in [0.15, 0.2) is 0 Å². The van der Waals surface area contributed by atoms with E-state index in [0.29, 0.717) is 0 Å². The van der Waals surface area contributed by atoms with E-state index in [-0.39, 0.29) is 12.4 Å². The number of hydrogen-bond acceptors (Lipinski definition) is 0. The van der Waals surface area contributed by atoms with E-state index in [1.807, 2.05) is 0 Å². The van der Waals surface area contributed by atoms with Gasteiger partial charge in [0.2, 0.25) is 0 Å². The van der Waals surface area contributed by atoms with Gasteiger partial charge in [-0.1, -0.05) is 95.7 Å². The highest BCUT2D eigenvalue weighted by Gasteiger charge is 2.24. The van der Waals surface area contributed by atoms with Gasteiger partial charge in [0.05, 0.1) is 26.2 Å². The molecule has 0 saturated heterocycles. The topological polar surface area (TPSA) is 0 Å². The summed E-state index contributed by atoms with van der Waals surface area (Å²) in [7, 11) is 0. The molecule has 29 heavy (non-hydrogen) atoms. The molecule has 0 amide bonds. The lowest BCUT2D eigenvalue weighted by molar-refractivity contribution is -0.923. The van der Waals surface area contributed by atoms with Gasteiger partial charge in [-0.05, 0) is 50.2 Å². The van der Waals surface area contributed by atoms with Crippen molar-refractivity contribution in [1.82, 2.24) is 0 Å². The molecule has 0 unspecified atom stereocenters. The van der Waals surface area contributed by atoms with Crippen molar-refractivity contribution in [3.8, 4) is 0 Å². The van der Waals surface area contributed by atoms with Crippen molar-refractivity contribution < 1.29 is 16.9 Å². The largest absolute Gasteiger partial charge is 1.00 e. The molecule has 0 saturated carbocycles. The molecule has 168 valence electrons. The van der Waals surface area contributed by atoms with Crippen molar-refractivity contribution in [2.75, 3.05) is 26.2 Å². The van der Waals surface area contributed by atoms with Crippen molar-refractivity contribution >= 4 is 6.08 Å². The summed E-state index contributed by atoms with van der Waals surface area (Å²) in [6, 6.07) is 10.8. The second-order valence-electron chi connectivity index (χ2n) is 8.69. The van der Waals surface area contributed by atoms with Crippen LogP contribution in [0.2, 0.25) is 0 Å². The first-order valence-electron chi connectivity index (χ1n) is 12.3. The Morgan fingerprint density at radius 2 is 1.07 bits per heavy atom. The first-order chi connectivity index (χ1) is 13.8. The van der Waals surface area contributed by atoms with Crippen LogP contribution in [0.25, 0.3) is 6.08 Å². The highest BCUT2D eigenvalue weighted by atomic mass is 35.5. The van der Waals surface area contributed by atoms with E-state index < -0.39 is 0 Å². The van der Waals surface area contributed by atoms with Crippen molar-refractivity contribution in [2.24, 2.45) is 0 Å². The average Bonchev–Trinajstić information content (AvgIpc) is 2.72. The third kappa shape index (κ3) is 13.9. The molecule has 0 radical (unpaired) electrons. The van der Waals surface area contributed by atoms with E-state index in [9.17, 15) is 0 Å². The minimum absolute atomic E-state index is 0. The lowest BCUT2D eigenvalue weighted by atomic mass is 10.1. The van der Waals surface area contributed by atoms with E-state index in [4.69, 9.17) is 0 Å². The lowest BCUT2D eigenvalue weighted by Crippen LogP contribution is -3.00. The molecule has 0 aliphatic heterocycles. The first kappa shape index (κ1) is 28.2. The fourth-order valence-corrected chi connectivity index (χ4v) is 4.21. The third-order valence-electron chi connectivity index (χ3n) is 6.06. The van der Waals surface area contributed by atoms with Crippen LogP contribution in [0, 0.1) is 0 Å². The molecule has 0 bridgehead atoms. The smallest absolute Gasteiger partial charge is 0.0977 e.